The van der Waals surface area contributed by atoms with Crippen molar-refractivity contribution >= 4 is 29.4 Å². The summed E-state index contributed by atoms with van der Waals surface area (Å²) in [5.41, 5.74) is 5.49. The Morgan fingerprint density at radius 3 is 2.43 bits per heavy atom. The summed E-state index contributed by atoms with van der Waals surface area (Å²) in [4.78, 5) is 34.5. The van der Waals surface area contributed by atoms with Crippen LogP contribution >= 0.6 is 11.6 Å². The fourth-order valence-electron chi connectivity index (χ4n) is 1.75. The highest BCUT2D eigenvalue weighted by Gasteiger charge is 2.11. The number of nitrogens with two attached hydrogens (primary N) is 1. The number of benzene rings is 2. The van der Waals surface area contributed by atoms with Crippen LogP contribution in [0.1, 0.15) is 20.7 Å². The second kappa shape index (κ2) is 7.42. The minimum atomic E-state index is -0.651. The van der Waals surface area contributed by atoms with Crippen LogP contribution in [-0.4, -0.2) is 24.3 Å². The quantitative estimate of drug-likeness (QED) is 0.644. The number of hydrogen-bond acceptors (Lipinski definition) is 4. The first kappa shape index (κ1) is 16.5. The Hall–Kier alpha value is -2.86. The third kappa shape index (κ3) is 4.82. The number of ether oxygens (including phenoxy) is 1. The summed E-state index contributed by atoms with van der Waals surface area (Å²) < 4.78 is 5.20. The third-order valence-corrected chi connectivity index (χ3v) is 3.03. The van der Waals surface area contributed by atoms with Gasteiger partial charge in [-0.15, -0.1) is 0 Å². The van der Waals surface area contributed by atoms with Gasteiger partial charge in [-0.3, -0.25) is 9.59 Å². The largest absolute Gasteiger partial charge is 0.423 e. The highest BCUT2D eigenvalue weighted by molar-refractivity contribution is 6.30. The molecule has 118 valence electrons. The summed E-state index contributed by atoms with van der Waals surface area (Å²) in [5.74, 6) is -1.55. The predicted molar refractivity (Wildman–Crippen MR) is 84.4 cm³/mol. The Balaban J connectivity index is 2.09. The van der Waals surface area contributed by atoms with Gasteiger partial charge in [-0.2, -0.15) is 0 Å². The van der Waals surface area contributed by atoms with Crippen LogP contribution in [-0.2, 0) is 4.79 Å². The molecular weight excluding hydrogens is 320 g/mol. The maximum absolute atomic E-state index is 12.0. The molecule has 0 heterocycles. The van der Waals surface area contributed by atoms with Gasteiger partial charge in [0.25, 0.3) is 5.91 Å². The molecule has 0 saturated heterocycles. The van der Waals surface area contributed by atoms with E-state index in [0.717, 1.165) is 0 Å². The molecule has 0 atom stereocenters. The molecule has 0 aromatic heterocycles. The standard InChI is InChI=1S/C16H13ClN2O4/c17-12-5-1-4-11(7-12)16(22)23-13-6-2-3-10(8-13)15(21)19-9-14(18)20/h1-8H,9H2,(H2,18,20)(H,19,21). The molecular formula is C16H13ClN2O4. The van der Waals surface area contributed by atoms with Crippen LogP contribution in [0.15, 0.2) is 48.5 Å². The van der Waals surface area contributed by atoms with E-state index in [1.165, 1.54) is 24.3 Å². The zero-order chi connectivity index (χ0) is 16.8. The van der Waals surface area contributed by atoms with E-state index in [-0.39, 0.29) is 17.9 Å². The average Bonchev–Trinajstić information content (AvgIpc) is 2.52. The van der Waals surface area contributed by atoms with Crippen LogP contribution in [0.5, 0.6) is 5.75 Å². The molecule has 2 aromatic rings. The smallest absolute Gasteiger partial charge is 0.343 e. The average molecular weight is 333 g/mol. The summed E-state index contributed by atoms with van der Waals surface area (Å²) >= 11 is 5.82. The fourth-order valence-corrected chi connectivity index (χ4v) is 1.94. The Bertz CT molecular complexity index is 761. The van der Waals surface area contributed by atoms with Crippen LogP contribution in [0, 0.1) is 0 Å². The normalized spacial score (nSPS) is 9.96. The van der Waals surface area contributed by atoms with Gasteiger partial charge < -0.3 is 15.8 Å². The minimum Gasteiger partial charge on any atom is -0.423 e. The Morgan fingerprint density at radius 2 is 1.74 bits per heavy atom. The van der Waals surface area contributed by atoms with Gasteiger partial charge in [-0.1, -0.05) is 23.7 Å². The molecule has 3 N–H and O–H groups in total. The van der Waals surface area contributed by atoms with Crippen molar-refractivity contribution in [1.82, 2.24) is 5.32 Å². The van der Waals surface area contributed by atoms with Crippen molar-refractivity contribution in [1.29, 1.82) is 0 Å². The van der Waals surface area contributed by atoms with Gasteiger partial charge >= 0.3 is 5.97 Å². The van der Waals surface area contributed by atoms with Crippen LogP contribution in [0.25, 0.3) is 0 Å². The van der Waals surface area contributed by atoms with Gasteiger partial charge in [0.2, 0.25) is 5.91 Å². The molecule has 0 radical (unpaired) electrons. The topological polar surface area (TPSA) is 98.5 Å². The van der Waals surface area contributed by atoms with Crippen molar-refractivity contribution in [3.8, 4) is 5.75 Å². The number of hydrogen-bond donors (Lipinski definition) is 2. The zero-order valence-electron chi connectivity index (χ0n) is 11.9. The van der Waals surface area contributed by atoms with E-state index in [9.17, 15) is 14.4 Å². The number of halogens is 1. The molecule has 7 heteroatoms. The fraction of sp³-hybridized carbons (Fsp3) is 0.0625. The summed E-state index contributed by atoms with van der Waals surface area (Å²) in [6.07, 6.45) is 0. The minimum absolute atomic E-state index is 0.196. The molecule has 2 rings (SSSR count). The maximum atomic E-state index is 12.0. The molecule has 0 fully saturated rings. The third-order valence-electron chi connectivity index (χ3n) is 2.79. The lowest BCUT2D eigenvalue weighted by Gasteiger charge is -2.07. The van der Waals surface area contributed by atoms with E-state index in [0.29, 0.717) is 10.6 Å². The highest BCUT2D eigenvalue weighted by atomic mass is 35.5. The first-order valence-corrected chi connectivity index (χ1v) is 6.98. The second-order valence-electron chi connectivity index (χ2n) is 4.58. The molecule has 0 spiro atoms. The lowest BCUT2D eigenvalue weighted by molar-refractivity contribution is -0.117. The first-order valence-electron chi connectivity index (χ1n) is 6.60. The molecule has 0 bridgehead atoms. The van der Waals surface area contributed by atoms with E-state index in [4.69, 9.17) is 22.1 Å². The van der Waals surface area contributed by atoms with Crippen molar-refractivity contribution in [2.24, 2.45) is 5.73 Å². The lowest BCUT2D eigenvalue weighted by atomic mass is 10.2. The number of carbonyl (C=O) groups excluding carboxylic acids is 3. The summed E-state index contributed by atoms with van der Waals surface area (Å²) in [5, 5.41) is 2.76. The van der Waals surface area contributed by atoms with E-state index in [2.05, 4.69) is 5.32 Å². The molecule has 0 saturated carbocycles. The van der Waals surface area contributed by atoms with E-state index < -0.39 is 17.8 Å². The van der Waals surface area contributed by atoms with Gasteiger partial charge in [0.15, 0.2) is 0 Å². The summed E-state index contributed by atoms with van der Waals surface area (Å²) in [6.45, 7) is -0.272. The number of esters is 1. The van der Waals surface area contributed by atoms with Gasteiger partial charge in [0.1, 0.15) is 5.75 Å². The molecule has 0 aliphatic rings. The van der Waals surface area contributed by atoms with Crippen LogP contribution in [0.4, 0.5) is 0 Å². The van der Waals surface area contributed by atoms with Crippen molar-refractivity contribution in [3.63, 3.8) is 0 Å². The number of carbonyl (C=O) groups is 3. The van der Waals surface area contributed by atoms with E-state index in [1.54, 1.807) is 24.3 Å². The molecule has 2 aromatic carbocycles. The molecule has 0 aliphatic carbocycles. The molecule has 6 nitrogen and oxygen atoms in total. The maximum Gasteiger partial charge on any atom is 0.343 e. The number of primary amides is 1. The van der Waals surface area contributed by atoms with Gasteiger partial charge in [0.05, 0.1) is 12.1 Å². The van der Waals surface area contributed by atoms with E-state index in [1.807, 2.05) is 0 Å². The number of amides is 2. The zero-order valence-corrected chi connectivity index (χ0v) is 12.7. The summed E-state index contributed by atoms with van der Waals surface area (Å²) in [6, 6.07) is 12.3. The Kier molecular flexibility index (Phi) is 5.32. The number of nitrogens with one attached hydrogen (secondary N) is 1. The first-order chi connectivity index (χ1) is 11.0. The van der Waals surface area contributed by atoms with Gasteiger partial charge in [-0.05, 0) is 36.4 Å². The lowest BCUT2D eigenvalue weighted by Crippen LogP contribution is -2.33. The van der Waals surface area contributed by atoms with Crippen molar-refractivity contribution in [3.05, 3.63) is 64.7 Å². The van der Waals surface area contributed by atoms with Gasteiger partial charge in [0, 0.05) is 10.6 Å². The van der Waals surface area contributed by atoms with Gasteiger partial charge in [-0.25, -0.2) is 4.79 Å². The van der Waals surface area contributed by atoms with Crippen LogP contribution in [0.2, 0.25) is 5.02 Å². The predicted octanol–water partition coefficient (Wildman–Crippen LogP) is 1.77. The molecule has 23 heavy (non-hydrogen) atoms. The van der Waals surface area contributed by atoms with Crippen molar-refractivity contribution in [2.75, 3.05) is 6.54 Å². The molecule has 2 amide bonds. The summed E-state index contributed by atoms with van der Waals surface area (Å²) in [7, 11) is 0. The Labute approximate surface area is 137 Å². The van der Waals surface area contributed by atoms with Crippen LogP contribution in [0.3, 0.4) is 0 Å². The Morgan fingerprint density at radius 1 is 1.04 bits per heavy atom. The SMILES string of the molecule is NC(=O)CNC(=O)c1cccc(OC(=O)c2cccc(Cl)c2)c1. The monoisotopic (exact) mass is 332 g/mol. The van der Waals surface area contributed by atoms with Crippen molar-refractivity contribution < 1.29 is 19.1 Å². The highest BCUT2D eigenvalue weighted by Crippen LogP contribution is 2.17. The van der Waals surface area contributed by atoms with Crippen molar-refractivity contribution in [2.45, 2.75) is 0 Å². The number of rotatable bonds is 5. The van der Waals surface area contributed by atoms with E-state index >= 15 is 0 Å². The molecule has 0 unspecified atom stereocenters. The molecule has 0 aliphatic heterocycles. The second-order valence-corrected chi connectivity index (χ2v) is 5.01. The van der Waals surface area contributed by atoms with Crippen LogP contribution < -0.4 is 15.8 Å².